The van der Waals surface area contributed by atoms with Crippen molar-refractivity contribution in [1.29, 1.82) is 0 Å². The number of rotatable bonds is 1. The summed E-state index contributed by atoms with van der Waals surface area (Å²) in [6.45, 7) is 0. The number of aryl methyl sites for hydroxylation is 1. The maximum Gasteiger partial charge on any atom is 0.170 e. The van der Waals surface area contributed by atoms with Gasteiger partial charge in [-0.2, -0.15) is 0 Å². The fourth-order valence-electron chi connectivity index (χ4n) is 2.99. The number of benzene rings is 2. The molecule has 21 heavy (non-hydrogen) atoms. The highest BCUT2D eigenvalue weighted by molar-refractivity contribution is 6.05. The third-order valence-electron chi connectivity index (χ3n) is 4.12. The zero-order valence-electron chi connectivity index (χ0n) is 11.7. The molecule has 0 radical (unpaired) electrons. The molecule has 3 nitrogen and oxygen atoms in total. The molecule has 1 aromatic heterocycles. The average Bonchev–Trinajstić information content (AvgIpc) is 2.90. The van der Waals surface area contributed by atoms with Gasteiger partial charge in [-0.15, -0.1) is 0 Å². The van der Waals surface area contributed by atoms with Gasteiger partial charge < -0.3 is 9.30 Å². The van der Waals surface area contributed by atoms with Gasteiger partial charge in [-0.05, 0) is 23.8 Å². The molecule has 0 aliphatic carbocycles. The van der Waals surface area contributed by atoms with Crippen molar-refractivity contribution in [2.45, 2.75) is 12.5 Å². The lowest BCUT2D eigenvalue weighted by Gasteiger charge is -2.26. The molecule has 0 saturated carbocycles. The molecule has 0 spiro atoms. The Morgan fingerprint density at radius 3 is 2.71 bits per heavy atom. The van der Waals surface area contributed by atoms with Crippen LogP contribution >= 0.6 is 0 Å². The average molecular weight is 277 g/mol. The first-order chi connectivity index (χ1) is 10.2. The topological polar surface area (TPSA) is 31.2 Å². The Labute approximate surface area is 122 Å². The van der Waals surface area contributed by atoms with Crippen LogP contribution in [0.2, 0.25) is 0 Å². The fraction of sp³-hybridized carbons (Fsp3) is 0.167. The maximum atomic E-state index is 12.4. The summed E-state index contributed by atoms with van der Waals surface area (Å²) in [6, 6.07) is 15.8. The molecule has 0 amide bonds. The number of aromatic nitrogens is 1. The third-order valence-corrected chi connectivity index (χ3v) is 4.12. The Balaban J connectivity index is 1.86. The molecule has 2 heterocycles. The van der Waals surface area contributed by atoms with E-state index >= 15 is 0 Å². The number of ether oxygens (including phenoxy) is 1. The molecule has 104 valence electrons. The highest BCUT2D eigenvalue weighted by Gasteiger charge is 2.29. The van der Waals surface area contributed by atoms with E-state index in [4.69, 9.17) is 4.74 Å². The van der Waals surface area contributed by atoms with Gasteiger partial charge in [0.1, 0.15) is 11.9 Å². The van der Waals surface area contributed by atoms with Crippen LogP contribution in [0, 0.1) is 0 Å². The molecule has 3 heteroatoms. The van der Waals surface area contributed by atoms with Crippen molar-refractivity contribution in [1.82, 2.24) is 4.57 Å². The summed E-state index contributed by atoms with van der Waals surface area (Å²) in [4.78, 5) is 12.4. The van der Waals surface area contributed by atoms with Crippen molar-refractivity contribution >= 4 is 16.7 Å². The SMILES string of the molecule is Cn1ccc2c3c(ccc21)C(=O)CC(c1ccccc1)O3. The monoisotopic (exact) mass is 277 g/mol. The van der Waals surface area contributed by atoms with E-state index in [0.29, 0.717) is 12.0 Å². The van der Waals surface area contributed by atoms with Gasteiger partial charge in [0, 0.05) is 18.6 Å². The Hall–Kier alpha value is -2.55. The smallest absolute Gasteiger partial charge is 0.170 e. The first-order valence-electron chi connectivity index (χ1n) is 7.07. The lowest BCUT2D eigenvalue weighted by Crippen LogP contribution is -2.20. The van der Waals surface area contributed by atoms with Crippen molar-refractivity contribution in [2.24, 2.45) is 7.05 Å². The molecule has 0 saturated heterocycles. The zero-order valence-corrected chi connectivity index (χ0v) is 11.7. The third kappa shape index (κ3) is 1.85. The number of fused-ring (bicyclic) bond motifs is 3. The van der Waals surface area contributed by atoms with Gasteiger partial charge >= 0.3 is 0 Å². The van der Waals surface area contributed by atoms with E-state index in [1.165, 1.54) is 0 Å². The van der Waals surface area contributed by atoms with Crippen LogP contribution in [0.25, 0.3) is 10.9 Å². The van der Waals surface area contributed by atoms with Crippen LogP contribution in [0.1, 0.15) is 28.4 Å². The van der Waals surface area contributed by atoms with E-state index in [0.717, 1.165) is 22.2 Å². The van der Waals surface area contributed by atoms with Crippen molar-refractivity contribution in [3.63, 3.8) is 0 Å². The zero-order chi connectivity index (χ0) is 14.4. The fourth-order valence-corrected chi connectivity index (χ4v) is 2.99. The minimum Gasteiger partial charge on any atom is -0.484 e. The molecule has 1 aliphatic rings. The van der Waals surface area contributed by atoms with Crippen LogP contribution in [-0.4, -0.2) is 10.4 Å². The number of carbonyl (C=O) groups is 1. The van der Waals surface area contributed by atoms with Crippen molar-refractivity contribution in [3.8, 4) is 5.75 Å². The van der Waals surface area contributed by atoms with Crippen molar-refractivity contribution < 1.29 is 9.53 Å². The Kier molecular flexibility index (Phi) is 2.61. The number of ketones is 1. The molecule has 0 bridgehead atoms. The molecule has 0 N–H and O–H groups in total. The summed E-state index contributed by atoms with van der Waals surface area (Å²) >= 11 is 0. The van der Waals surface area contributed by atoms with E-state index < -0.39 is 0 Å². The maximum absolute atomic E-state index is 12.4. The second kappa shape index (κ2) is 4.48. The van der Waals surface area contributed by atoms with Gasteiger partial charge in [0.2, 0.25) is 0 Å². The Morgan fingerprint density at radius 2 is 1.90 bits per heavy atom. The predicted molar refractivity (Wildman–Crippen MR) is 81.7 cm³/mol. The number of Topliss-reactive ketones (excluding diaryl/α,β-unsaturated/α-hetero) is 1. The van der Waals surface area contributed by atoms with Crippen molar-refractivity contribution in [2.75, 3.05) is 0 Å². The van der Waals surface area contributed by atoms with Gasteiger partial charge in [-0.3, -0.25) is 4.79 Å². The second-order valence-corrected chi connectivity index (χ2v) is 5.45. The summed E-state index contributed by atoms with van der Waals surface area (Å²) in [5.74, 6) is 0.869. The van der Waals surface area contributed by atoms with E-state index in [-0.39, 0.29) is 11.9 Å². The van der Waals surface area contributed by atoms with Crippen LogP contribution in [0.4, 0.5) is 0 Å². The molecule has 3 aromatic rings. The van der Waals surface area contributed by atoms with Gasteiger partial charge in [-0.25, -0.2) is 0 Å². The highest BCUT2D eigenvalue weighted by Crippen LogP contribution is 2.39. The number of hydrogen-bond donors (Lipinski definition) is 0. The lowest BCUT2D eigenvalue weighted by atomic mass is 9.95. The Bertz CT molecular complexity index is 833. The van der Waals surface area contributed by atoms with Crippen LogP contribution in [0.5, 0.6) is 5.75 Å². The van der Waals surface area contributed by atoms with Gasteiger partial charge in [0.05, 0.1) is 17.5 Å². The van der Waals surface area contributed by atoms with E-state index in [2.05, 4.69) is 0 Å². The van der Waals surface area contributed by atoms with Gasteiger partial charge in [-0.1, -0.05) is 30.3 Å². The number of carbonyl (C=O) groups excluding carboxylic acids is 1. The van der Waals surface area contributed by atoms with Gasteiger partial charge in [0.25, 0.3) is 0 Å². The quantitative estimate of drug-likeness (QED) is 0.676. The van der Waals surface area contributed by atoms with Crippen LogP contribution < -0.4 is 4.74 Å². The normalized spacial score (nSPS) is 17.6. The molecule has 0 fully saturated rings. The summed E-state index contributed by atoms with van der Waals surface area (Å²) in [5.41, 5.74) is 2.82. The number of hydrogen-bond acceptors (Lipinski definition) is 2. The summed E-state index contributed by atoms with van der Waals surface area (Å²) < 4.78 is 8.22. The molecular weight excluding hydrogens is 262 g/mol. The van der Waals surface area contributed by atoms with Gasteiger partial charge in [0.15, 0.2) is 5.78 Å². The molecular formula is C18H15NO2. The van der Waals surface area contributed by atoms with E-state index in [1.54, 1.807) is 0 Å². The summed E-state index contributed by atoms with van der Waals surface area (Å²) in [5, 5.41) is 1.00. The van der Waals surface area contributed by atoms with Crippen molar-refractivity contribution in [3.05, 3.63) is 65.9 Å². The van der Waals surface area contributed by atoms with Crippen LogP contribution in [0.3, 0.4) is 0 Å². The highest BCUT2D eigenvalue weighted by atomic mass is 16.5. The molecule has 1 unspecified atom stereocenters. The second-order valence-electron chi connectivity index (χ2n) is 5.45. The Morgan fingerprint density at radius 1 is 1.10 bits per heavy atom. The van der Waals surface area contributed by atoms with E-state index in [9.17, 15) is 4.79 Å². The first-order valence-corrected chi connectivity index (χ1v) is 7.07. The largest absolute Gasteiger partial charge is 0.484 e. The standard InChI is InChI=1S/C18H15NO2/c1-19-10-9-13-15(19)8-7-14-16(20)11-17(21-18(13)14)12-5-3-2-4-6-12/h2-10,17H,11H2,1H3. The number of nitrogens with zero attached hydrogens (tertiary/aromatic N) is 1. The van der Waals surface area contributed by atoms with Crippen LogP contribution in [-0.2, 0) is 7.05 Å². The minimum atomic E-state index is -0.197. The van der Waals surface area contributed by atoms with Crippen LogP contribution in [0.15, 0.2) is 54.7 Å². The molecule has 1 atom stereocenters. The van der Waals surface area contributed by atoms with E-state index in [1.807, 2.05) is 66.3 Å². The first kappa shape index (κ1) is 12.2. The minimum absolute atomic E-state index is 0.149. The predicted octanol–water partition coefficient (Wildman–Crippen LogP) is 3.88. The molecule has 4 rings (SSSR count). The summed E-state index contributed by atoms with van der Waals surface area (Å²) in [6.07, 6.45) is 2.19. The molecule has 1 aliphatic heterocycles. The lowest BCUT2D eigenvalue weighted by molar-refractivity contribution is 0.0853. The summed E-state index contributed by atoms with van der Waals surface area (Å²) in [7, 11) is 1.99. The molecule has 2 aromatic carbocycles.